The Balaban J connectivity index is 1.97. The molecule has 1 aromatic heterocycles. The van der Waals surface area contributed by atoms with Crippen molar-refractivity contribution in [1.29, 1.82) is 0 Å². The Morgan fingerprint density at radius 3 is 2.78 bits per heavy atom. The fraction of sp³-hybridized carbons (Fsp3) is 0.421. The van der Waals surface area contributed by atoms with Crippen LogP contribution < -0.4 is 5.32 Å². The van der Waals surface area contributed by atoms with Gasteiger partial charge in [0.05, 0.1) is 6.33 Å². The predicted octanol–water partition coefficient (Wildman–Crippen LogP) is 2.67. The van der Waals surface area contributed by atoms with Crippen molar-refractivity contribution in [2.75, 3.05) is 6.54 Å². The Morgan fingerprint density at radius 2 is 2.11 bits per heavy atom. The number of nitrogens with one attached hydrogen (secondary N) is 1. The zero-order chi connectivity index (χ0) is 19.8. The van der Waals surface area contributed by atoms with Crippen LogP contribution in [0.5, 0.6) is 0 Å². The standard InChI is InChI=1S/C19H24ClN3O4/c1-13(5-6-18(24)25)9-22-17(19(26)27)8-16-10-21-12-23(16)11-14-3-2-4-15(20)7-14/h2-4,7,10,12-13,17,22H,5-6,8-9,11H2,1H3,(H,24,25)(H,26,27). The molecule has 0 aliphatic rings. The highest BCUT2D eigenvalue weighted by Gasteiger charge is 2.20. The largest absolute Gasteiger partial charge is 0.481 e. The van der Waals surface area contributed by atoms with Gasteiger partial charge in [-0.05, 0) is 36.6 Å². The molecule has 2 atom stereocenters. The summed E-state index contributed by atoms with van der Waals surface area (Å²) in [6, 6.07) is 6.71. The Hall–Kier alpha value is -2.38. The van der Waals surface area contributed by atoms with Crippen LogP contribution in [0.4, 0.5) is 0 Å². The van der Waals surface area contributed by atoms with Gasteiger partial charge in [0.2, 0.25) is 0 Å². The van der Waals surface area contributed by atoms with Crippen molar-refractivity contribution in [2.45, 2.75) is 38.8 Å². The minimum atomic E-state index is -0.948. The number of imidazole rings is 1. The monoisotopic (exact) mass is 393 g/mol. The molecule has 0 radical (unpaired) electrons. The van der Waals surface area contributed by atoms with Crippen molar-refractivity contribution in [3.05, 3.63) is 53.1 Å². The van der Waals surface area contributed by atoms with Gasteiger partial charge in [-0.15, -0.1) is 0 Å². The van der Waals surface area contributed by atoms with Gasteiger partial charge < -0.3 is 20.1 Å². The van der Waals surface area contributed by atoms with Crippen molar-refractivity contribution < 1.29 is 19.8 Å². The summed E-state index contributed by atoms with van der Waals surface area (Å²) in [7, 11) is 0. The molecule has 8 heteroatoms. The van der Waals surface area contributed by atoms with E-state index < -0.39 is 18.0 Å². The zero-order valence-corrected chi connectivity index (χ0v) is 15.9. The fourth-order valence-electron chi connectivity index (χ4n) is 2.76. The van der Waals surface area contributed by atoms with Crippen molar-refractivity contribution in [1.82, 2.24) is 14.9 Å². The molecule has 0 bridgehead atoms. The van der Waals surface area contributed by atoms with Crippen LogP contribution >= 0.6 is 11.6 Å². The molecule has 2 aromatic rings. The normalized spacial score (nSPS) is 13.3. The van der Waals surface area contributed by atoms with Crippen molar-refractivity contribution in [3.63, 3.8) is 0 Å². The fourth-order valence-corrected chi connectivity index (χ4v) is 2.98. The summed E-state index contributed by atoms with van der Waals surface area (Å²) in [6.45, 7) is 2.89. The number of carbonyl (C=O) groups is 2. The molecule has 1 heterocycles. The van der Waals surface area contributed by atoms with Crippen LogP contribution in [0.3, 0.4) is 0 Å². The van der Waals surface area contributed by atoms with Crippen molar-refractivity contribution in [3.8, 4) is 0 Å². The maximum absolute atomic E-state index is 11.6. The number of hydrogen-bond acceptors (Lipinski definition) is 4. The minimum absolute atomic E-state index is 0.0688. The summed E-state index contributed by atoms with van der Waals surface area (Å²) in [5.74, 6) is -1.73. The van der Waals surface area contributed by atoms with Crippen LogP contribution in [0.2, 0.25) is 5.02 Å². The van der Waals surface area contributed by atoms with Gasteiger partial charge in [0.1, 0.15) is 6.04 Å². The molecule has 2 rings (SSSR count). The predicted molar refractivity (Wildman–Crippen MR) is 102 cm³/mol. The molecule has 27 heavy (non-hydrogen) atoms. The number of carboxylic acid groups (broad SMARTS) is 2. The van der Waals surface area contributed by atoms with Crippen molar-refractivity contribution >= 4 is 23.5 Å². The highest BCUT2D eigenvalue weighted by Crippen LogP contribution is 2.14. The third-order valence-corrected chi connectivity index (χ3v) is 4.55. The molecule has 0 spiro atoms. The van der Waals surface area contributed by atoms with Gasteiger partial charge in [0.25, 0.3) is 0 Å². The number of aliphatic carboxylic acids is 2. The second-order valence-electron chi connectivity index (χ2n) is 6.68. The van der Waals surface area contributed by atoms with E-state index in [1.807, 2.05) is 29.7 Å². The second-order valence-corrected chi connectivity index (χ2v) is 7.12. The van der Waals surface area contributed by atoms with E-state index in [9.17, 15) is 14.7 Å². The summed E-state index contributed by atoms with van der Waals surface area (Å²) < 4.78 is 1.90. The van der Waals surface area contributed by atoms with E-state index in [0.29, 0.717) is 24.5 Å². The van der Waals surface area contributed by atoms with Gasteiger partial charge in [0, 0.05) is 36.3 Å². The van der Waals surface area contributed by atoms with E-state index >= 15 is 0 Å². The Labute approximate surface area is 163 Å². The summed E-state index contributed by atoms with van der Waals surface area (Å²) in [4.78, 5) is 26.4. The topological polar surface area (TPSA) is 104 Å². The summed E-state index contributed by atoms with van der Waals surface area (Å²) in [6.07, 6.45) is 4.19. The molecule has 0 aliphatic carbocycles. The minimum Gasteiger partial charge on any atom is -0.481 e. The van der Waals surface area contributed by atoms with Gasteiger partial charge in [-0.1, -0.05) is 30.7 Å². The molecule has 1 aromatic carbocycles. The van der Waals surface area contributed by atoms with Gasteiger partial charge in [-0.2, -0.15) is 0 Å². The van der Waals surface area contributed by atoms with E-state index in [-0.39, 0.29) is 18.8 Å². The third-order valence-electron chi connectivity index (χ3n) is 4.32. The molecule has 146 valence electrons. The number of nitrogens with zero attached hydrogens (tertiary/aromatic N) is 2. The molecule has 0 saturated carbocycles. The van der Waals surface area contributed by atoms with Crippen LogP contribution in [0.15, 0.2) is 36.8 Å². The number of rotatable bonds is 11. The van der Waals surface area contributed by atoms with E-state index in [1.54, 1.807) is 18.6 Å². The summed E-state index contributed by atoms with van der Waals surface area (Å²) in [5, 5.41) is 21.9. The van der Waals surface area contributed by atoms with Gasteiger partial charge in [0.15, 0.2) is 0 Å². The van der Waals surface area contributed by atoms with Gasteiger partial charge >= 0.3 is 11.9 Å². The molecule has 7 nitrogen and oxygen atoms in total. The maximum atomic E-state index is 11.6. The number of aromatic nitrogens is 2. The molecular weight excluding hydrogens is 370 g/mol. The lowest BCUT2D eigenvalue weighted by molar-refractivity contribution is -0.140. The Bertz CT molecular complexity index is 778. The van der Waals surface area contributed by atoms with Crippen LogP contribution in [0.25, 0.3) is 0 Å². The lowest BCUT2D eigenvalue weighted by atomic mass is 10.0. The first-order chi connectivity index (χ1) is 12.8. The highest BCUT2D eigenvalue weighted by atomic mass is 35.5. The number of benzene rings is 1. The van der Waals surface area contributed by atoms with Crippen LogP contribution in [-0.2, 0) is 22.6 Å². The molecule has 2 unspecified atom stereocenters. The first-order valence-corrected chi connectivity index (χ1v) is 9.14. The average Bonchev–Trinajstić information content (AvgIpc) is 3.03. The average molecular weight is 394 g/mol. The lowest BCUT2D eigenvalue weighted by Gasteiger charge is -2.18. The van der Waals surface area contributed by atoms with E-state index in [1.165, 1.54) is 0 Å². The molecule has 0 fully saturated rings. The SMILES string of the molecule is CC(CCC(=O)O)CNC(Cc1cncn1Cc1cccc(Cl)c1)C(=O)O. The van der Waals surface area contributed by atoms with Crippen LogP contribution in [-0.4, -0.2) is 44.3 Å². The maximum Gasteiger partial charge on any atom is 0.321 e. The van der Waals surface area contributed by atoms with E-state index in [0.717, 1.165) is 11.3 Å². The van der Waals surface area contributed by atoms with Crippen LogP contribution in [0.1, 0.15) is 31.0 Å². The molecule has 0 amide bonds. The quantitative estimate of drug-likeness (QED) is 0.542. The first-order valence-electron chi connectivity index (χ1n) is 8.76. The summed E-state index contributed by atoms with van der Waals surface area (Å²) in [5.41, 5.74) is 1.80. The van der Waals surface area contributed by atoms with Crippen molar-refractivity contribution in [2.24, 2.45) is 5.92 Å². The summed E-state index contributed by atoms with van der Waals surface area (Å²) >= 11 is 6.02. The Kier molecular flexibility index (Phi) is 7.82. The van der Waals surface area contributed by atoms with Gasteiger partial charge in [-0.25, -0.2) is 4.98 Å². The molecule has 3 N–H and O–H groups in total. The molecule has 0 aliphatic heterocycles. The number of carboxylic acids is 2. The first kappa shape index (κ1) is 20.9. The Morgan fingerprint density at radius 1 is 1.33 bits per heavy atom. The zero-order valence-electron chi connectivity index (χ0n) is 15.1. The second kappa shape index (κ2) is 10.1. The lowest BCUT2D eigenvalue weighted by Crippen LogP contribution is -2.41. The van der Waals surface area contributed by atoms with Crippen LogP contribution in [0, 0.1) is 5.92 Å². The molecule has 0 saturated heterocycles. The number of hydrogen-bond donors (Lipinski definition) is 3. The highest BCUT2D eigenvalue weighted by molar-refractivity contribution is 6.30. The smallest absolute Gasteiger partial charge is 0.321 e. The molecular formula is C19H24ClN3O4. The van der Waals surface area contributed by atoms with E-state index in [4.69, 9.17) is 16.7 Å². The van der Waals surface area contributed by atoms with E-state index in [2.05, 4.69) is 10.3 Å². The third kappa shape index (κ3) is 7.03. The number of halogens is 1. The van der Waals surface area contributed by atoms with Gasteiger partial charge in [-0.3, -0.25) is 9.59 Å².